The van der Waals surface area contributed by atoms with Gasteiger partial charge in [-0.3, -0.25) is 14.9 Å². The van der Waals surface area contributed by atoms with Crippen LogP contribution < -0.4 is 24.8 Å². The van der Waals surface area contributed by atoms with Gasteiger partial charge in [0, 0.05) is 11.8 Å². The highest BCUT2D eigenvalue weighted by atomic mass is 16.5. The number of aryl methyl sites for hydroxylation is 1. The molecule has 0 bridgehead atoms. The molecule has 0 aliphatic rings. The van der Waals surface area contributed by atoms with Gasteiger partial charge >= 0.3 is 12.0 Å². The predicted octanol–water partition coefficient (Wildman–Crippen LogP) is 3.45. The van der Waals surface area contributed by atoms with Crippen LogP contribution in [0.1, 0.15) is 25.8 Å². The van der Waals surface area contributed by atoms with Crippen molar-refractivity contribution in [2.75, 3.05) is 31.7 Å². The molecule has 0 saturated heterocycles. The summed E-state index contributed by atoms with van der Waals surface area (Å²) in [7, 11) is 0. The number of para-hydroxylation sites is 1. The highest BCUT2D eigenvalue weighted by molar-refractivity contribution is 6.02. The van der Waals surface area contributed by atoms with Crippen LogP contribution in [0.2, 0.25) is 0 Å². The highest BCUT2D eigenvalue weighted by Gasteiger charge is 2.13. The minimum absolute atomic E-state index is 0.0276. The molecule has 2 rings (SSSR count). The Kier molecular flexibility index (Phi) is 9.83. The Labute approximate surface area is 187 Å². The van der Waals surface area contributed by atoms with Crippen molar-refractivity contribution in [3.05, 3.63) is 48.0 Å². The van der Waals surface area contributed by atoms with Crippen LogP contribution in [0.15, 0.2) is 42.5 Å². The van der Waals surface area contributed by atoms with Gasteiger partial charge in [-0.05, 0) is 44.5 Å². The van der Waals surface area contributed by atoms with E-state index in [1.165, 1.54) is 0 Å². The Hall–Kier alpha value is -3.75. The molecule has 0 aromatic heterocycles. The highest BCUT2D eigenvalue weighted by Crippen LogP contribution is 2.30. The predicted molar refractivity (Wildman–Crippen MR) is 118 cm³/mol. The van der Waals surface area contributed by atoms with Gasteiger partial charge in [0.2, 0.25) is 0 Å². The molecule has 0 heterocycles. The van der Waals surface area contributed by atoms with E-state index in [1.807, 2.05) is 39.0 Å². The summed E-state index contributed by atoms with van der Waals surface area (Å²) in [6, 6.07) is 11.5. The van der Waals surface area contributed by atoms with E-state index in [2.05, 4.69) is 10.6 Å². The molecule has 0 fully saturated rings. The number of urea groups is 1. The molecule has 2 aromatic carbocycles. The molecule has 3 amide bonds. The minimum atomic E-state index is -0.763. The topological polar surface area (TPSA) is 112 Å². The van der Waals surface area contributed by atoms with Gasteiger partial charge in [-0.1, -0.05) is 18.2 Å². The van der Waals surface area contributed by atoms with Crippen LogP contribution in [0.5, 0.6) is 17.2 Å². The van der Waals surface area contributed by atoms with E-state index >= 15 is 0 Å². The monoisotopic (exact) mass is 444 g/mol. The maximum atomic E-state index is 12.0. The molecule has 9 heteroatoms. The first-order chi connectivity index (χ1) is 15.4. The summed E-state index contributed by atoms with van der Waals surface area (Å²) in [5, 5.41) is 4.61. The summed E-state index contributed by atoms with van der Waals surface area (Å²) >= 11 is 0. The number of amides is 3. The first-order valence-corrected chi connectivity index (χ1v) is 10.3. The Morgan fingerprint density at radius 1 is 0.875 bits per heavy atom. The molecule has 2 N–H and O–H groups in total. The number of carbonyl (C=O) groups excluding carboxylic acids is 3. The Balaban J connectivity index is 1.73. The average Bonchev–Trinajstić information content (AvgIpc) is 2.75. The van der Waals surface area contributed by atoms with Gasteiger partial charge in [0.1, 0.15) is 5.75 Å². The molecule has 0 atom stereocenters. The zero-order chi connectivity index (χ0) is 23.3. The number of esters is 1. The van der Waals surface area contributed by atoms with E-state index in [9.17, 15) is 14.4 Å². The van der Waals surface area contributed by atoms with Crippen molar-refractivity contribution in [2.24, 2.45) is 0 Å². The van der Waals surface area contributed by atoms with E-state index in [4.69, 9.17) is 18.9 Å². The largest absolute Gasteiger partial charge is 0.493 e. The third-order valence-electron chi connectivity index (χ3n) is 4.08. The van der Waals surface area contributed by atoms with Crippen LogP contribution in [-0.2, 0) is 14.3 Å². The number of anilines is 1. The molecule has 172 valence electrons. The Bertz CT molecular complexity index is 930. The summed E-state index contributed by atoms with van der Waals surface area (Å²) < 4.78 is 21.3. The lowest BCUT2D eigenvalue weighted by Gasteiger charge is -2.13. The number of rotatable bonds is 11. The summed E-state index contributed by atoms with van der Waals surface area (Å²) in [5.74, 6) is 0.333. The number of hydrogen-bond donors (Lipinski definition) is 2. The maximum absolute atomic E-state index is 12.0. The minimum Gasteiger partial charge on any atom is -0.493 e. The lowest BCUT2D eigenvalue weighted by molar-refractivity contribution is -0.148. The second kappa shape index (κ2) is 12.8. The van der Waals surface area contributed by atoms with Crippen molar-refractivity contribution in [1.82, 2.24) is 5.32 Å². The van der Waals surface area contributed by atoms with Crippen molar-refractivity contribution in [1.29, 1.82) is 0 Å². The van der Waals surface area contributed by atoms with E-state index in [0.29, 0.717) is 36.1 Å². The zero-order valence-corrected chi connectivity index (χ0v) is 18.4. The molecule has 0 unspecified atom stereocenters. The number of carbonyl (C=O) groups is 3. The van der Waals surface area contributed by atoms with Crippen molar-refractivity contribution >= 4 is 23.6 Å². The second-order valence-electron chi connectivity index (χ2n) is 6.55. The van der Waals surface area contributed by atoms with Gasteiger partial charge in [0.25, 0.3) is 5.91 Å². The van der Waals surface area contributed by atoms with Gasteiger partial charge in [0.05, 0.1) is 26.2 Å². The van der Waals surface area contributed by atoms with Crippen molar-refractivity contribution in [2.45, 2.75) is 27.2 Å². The quantitative estimate of drug-likeness (QED) is 0.511. The second-order valence-corrected chi connectivity index (χ2v) is 6.55. The van der Waals surface area contributed by atoms with Crippen molar-refractivity contribution < 1.29 is 33.3 Å². The lowest BCUT2D eigenvalue weighted by atomic mass is 10.2. The van der Waals surface area contributed by atoms with Crippen LogP contribution in [0.3, 0.4) is 0 Å². The fraction of sp³-hybridized carbons (Fsp3) is 0.348. The third-order valence-corrected chi connectivity index (χ3v) is 4.08. The summed E-state index contributed by atoms with van der Waals surface area (Å²) in [5.41, 5.74) is 1.36. The van der Waals surface area contributed by atoms with Gasteiger partial charge in [-0.2, -0.15) is 0 Å². The zero-order valence-electron chi connectivity index (χ0n) is 18.4. The number of ether oxygens (including phenoxy) is 4. The van der Waals surface area contributed by atoms with Crippen LogP contribution in [0.25, 0.3) is 0 Å². The third kappa shape index (κ3) is 8.17. The van der Waals surface area contributed by atoms with Gasteiger partial charge in [-0.15, -0.1) is 0 Å². The smallest absolute Gasteiger partial charge is 0.325 e. The SMILES string of the molecule is CCOc1ccc(NC(=O)NC(=O)COC(=O)CCOc2ccccc2C)cc1OCC. The van der Waals surface area contributed by atoms with Crippen LogP contribution in [-0.4, -0.2) is 44.3 Å². The molecule has 0 radical (unpaired) electrons. The van der Waals surface area contributed by atoms with Crippen LogP contribution in [0, 0.1) is 6.92 Å². The lowest BCUT2D eigenvalue weighted by Crippen LogP contribution is -2.37. The first kappa shape index (κ1) is 24.5. The molecular weight excluding hydrogens is 416 g/mol. The van der Waals surface area contributed by atoms with Gasteiger partial charge < -0.3 is 24.3 Å². The van der Waals surface area contributed by atoms with Gasteiger partial charge in [-0.25, -0.2) is 4.79 Å². The summed E-state index contributed by atoms with van der Waals surface area (Å²) in [4.78, 5) is 35.7. The van der Waals surface area contributed by atoms with E-state index in [-0.39, 0.29) is 13.0 Å². The number of benzene rings is 2. The summed E-state index contributed by atoms with van der Waals surface area (Å²) in [6.07, 6.45) is -0.0276. The first-order valence-electron chi connectivity index (χ1n) is 10.3. The van der Waals surface area contributed by atoms with Crippen LogP contribution >= 0.6 is 0 Å². The Morgan fingerprint density at radius 2 is 1.59 bits per heavy atom. The molecule has 0 saturated carbocycles. The fourth-order valence-corrected chi connectivity index (χ4v) is 2.63. The molecule has 0 aliphatic carbocycles. The number of nitrogens with one attached hydrogen (secondary N) is 2. The standard InChI is InChI=1S/C23H28N2O7/c1-4-29-19-11-10-17(14-20(19)30-5-2)24-23(28)25-21(26)15-32-22(27)12-13-31-18-9-7-6-8-16(18)3/h6-11,14H,4-5,12-13,15H2,1-3H3,(H2,24,25,26,28). The molecular formula is C23H28N2O7. The Morgan fingerprint density at radius 3 is 2.31 bits per heavy atom. The summed E-state index contributed by atoms with van der Waals surface area (Å²) in [6.45, 7) is 6.01. The van der Waals surface area contributed by atoms with Gasteiger partial charge in [0.15, 0.2) is 18.1 Å². The molecule has 32 heavy (non-hydrogen) atoms. The number of hydrogen-bond acceptors (Lipinski definition) is 7. The van der Waals surface area contributed by atoms with Crippen molar-refractivity contribution in [3.63, 3.8) is 0 Å². The average molecular weight is 444 g/mol. The van der Waals surface area contributed by atoms with Crippen LogP contribution in [0.4, 0.5) is 10.5 Å². The van der Waals surface area contributed by atoms with E-state index < -0.39 is 24.5 Å². The maximum Gasteiger partial charge on any atom is 0.325 e. The molecule has 0 spiro atoms. The van der Waals surface area contributed by atoms with E-state index in [0.717, 1.165) is 5.56 Å². The molecule has 2 aromatic rings. The fourth-order valence-electron chi connectivity index (χ4n) is 2.63. The normalized spacial score (nSPS) is 10.1. The van der Waals surface area contributed by atoms with Crippen molar-refractivity contribution in [3.8, 4) is 17.2 Å². The number of imide groups is 1. The molecule has 0 aliphatic heterocycles. The molecule has 9 nitrogen and oxygen atoms in total. The van der Waals surface area contributed by atoms with E-state index in [1.54, 1.807) is 24.3 Å².